The highest BCUT2D eigenvalue weighted by atomic mass is 16.6. The van der Waals surface area contributed by atoms with Crippen LogP contribution in [0.15, 0.2) is 24.3 Å². The molecular formula is C16H24O6. The molecule has 0 aliphatic heterocycles. The summed E-state index contributed by atoms with van der Waals surface area (Å²) in [5.74, 6) is -2.22. The van der Waals surface area contributed by atoms with E-state index in [-0.39, 0.29) is 31.6 Å². The molecule has 0 saturated heterocycles. The minimum absolute atomic E-state index is 0.000676. The lowest BCUT2D eigenvalue weighted by Crippen LogP contribution is -2.43. The van der Waals surface area contributed by atoms with Crippen molar-refractivity contribution in [3.8, 4) is 0 Å². The van der Waals surface area contributed by atoms with Crippen molar-refractivity contribution < 1.29 is 28.6 Å². The molecule has 0 aliphatic rings. The summed E-state index contributed by atoms with van der Waals surface area (Å²) >= 11 is 0. The van der Waals surface area contributed by atoms with Gasteiger partial charge in [-0.1, -0.05) is 12.2 Å². The smallest absolute Gasteiger partial charge is 0.333 e. The molecule has 124 valence electrons. The van der Waals surface area contributed by atoms with Crippen molar-refractivity contribution in [1.82, 2.24) is 0 Å². The van der Waals surface area contributed by atoms with Crippen LogP contribution in [0, 0.1) is 5.41 Å². The number of carbonyl (C=O) groups is 3. The Bertz CT molecular complexity index is 445. The first-order valence-corrected chi connectivity index (χ1v) is 7.00. The highest BCUT2D eigenvalue weighted by molar-refractivity contribution is 6.02. The summed E-state index contributed by atoms with van der Waals surface area (Å²) in [5.41, 5.74) is -1.10. The topological polar surface area (TPSA) is 78.9 Å². The van der Waals surface area contributed by atoms with Crippen molar-refractivity contribution in [2.24, 2.45) is 5.41 Å². The standard InChI is InChI=1S/C16H24O6/c1-7-21-14(18)16(9-11(3)4,15(19)22-8-2)10-12(5)13(17)20-6/h3,5,7-10H2,1-2,4,6H3. The van der Waals surface area contributed by atoms with E-state index in [1.165, 1.54) is 7.11 Å². The predicted octanol–water partition coefficient (Wildman–Crippen LogP) is 2.18. The molecule has 0 aliphatic carbocycles. The number of allylic oxidation sites excluding steroid dienone is 1. The van der Waals surface area contributed by atoms with Crippen LogP contribution in [-0.2, 0) is 28.6 Å². The summed E-state index contributed by atoms with van der Waals surface area (Å²) in [6.45, 7) is 12.4. The molecule has 6 heteroatoms. The monoisotopic (exact) mass is 312 g/mol. The molecule has 0 spiro atoms. The average Bonchev–Trinajstić information content (AvgIpc) is 2.45. The molecule has 0 aromatic rings. The second kappa shape index (κ2) is 9.02. The van der Waals surface area contributed by atoms with Crippen LogP contribution in [0.3, 0.4) is 0 Å². The van der Waals surface area contributed by atoms with Gasteiger partial charge in [0.05, 0.1) is 20.3 Å². The summed E-state index contributed by atoms with van der Waals surface area (Å²) in [6.07, 6.45) is -0.245. The van der Waals surface area contributed by atoms with Crippen molar-refractivity contribution in [2.75, 3.05) is 20.3 Å². The van der Waals surface area contributed by atoms with E-state index < -0.39 is 23.3 Å². The second-order valence-electron chi connectivity index (χ2n) is 4.93. The van der Waals surface area contributed by atoms with Gasteiger partial charge in [-0.2, -0.15) is 0 Å². The maximum absolute atomic E-state index is 12.4. The van der Waals surface area contributed by atoms with Gasteiger partial charge in [-0.15, -0.1) is 6.58 Å². The third-order valence-electron chi connectivity index (χ3n) is 2.93. The van der Waals surface area contributed by atoms with E-state index in [9.17, 15) is 14.4 Å². The first-order chi connectivity index (χ1) is 10.2. The van der Waals surface area contributed by atoms with Gasteiger partial charge < -0.3 is 14.2 Å². The van der Waals surface area contributed by atoms with Crippen LogP contribution in [0.4, 0.5) is 0 Å². The lowest BCUT2D eigenvalue weighted by atomic mass is 9.76. The second-order valence-corrected chi connectivity index (χ2v) is 4.93. The van der Waals surface area contributed by atoms with E-state index in [1.54, 1.807) is 20.8 Å². The Hall–Kier alpha value is -2.11. The number of methoxy groups -OCH3 is 1. The van der Waals surface area contributed by atoms with Crippen molar-refractivity contribution in [3.05, 3.63) is 24.3 Å². The molecule has 0 fully saturated rings. The summed E-state index contributed by atoms with van der Waals surface area (Å²) in [6, 6.07) is 0. The molecule has 22 heavy (non-hydrogen) atoms. The summed E-state index contributed by atoms with van der Waals surface area (Å²) in [5, 5.41) is 0. The van der Waals surface area contributed by atoms with Crippen LogP contribution >= 0.6 is 0 Å². The number of rotatable bonds is 9. The SMILES string of the molecule is C=C(C)CC(CC(=C)C(=O)OC)(C(=O)OCC)C(=O)OCC. The Morgan fingerprint density at radius 3 is 1.73 bits per heavy atom. The summed E-state index contributed by atoms with van der Waals surface area (Å²) in [4.78, 5) is 36.4. The molecule has 0 radical (unpaired) electrons. The Morgan fingerprint density at radius 1 is 0.955 bits per heavy atom. The molecule has 0 bridgehead atoms. The van der Waals surface area contributed by atoms with Gasteiger partial charge in [-0.25, -0.2) is 4.79 Å². The molecule has 0 unspecified atom stereocenters. The fraction of sp³-hybridized carbons (Fsp3) is 0.562. The van der Waals surface area contributed by atoms with E-state index in [0.717, 1.165) is 0 Å². The third kappa shape index (κ3) is 5.02. The average molecular weight is 312 g/mol. The highest BCUT2D eigenvalue weighted by Gasteiger charge is 2.49. The minimum atomic E-state index is -1.68. The lowest BCUT2D eigenvalue weighted by molar-refractivity contribution is -0.172. The number of ether oxygens (including phenoxy) is 3. The largest absolute Gasteiger partial charge is 0.466 e. The minimum Gasteiger partial charge on any atom is -0.466 e. The van der Waals surface area contributed by atoms with Crippen molar-refractivity contribution in [3.63, 3.8) is 0 Å². The Balaban J connectivity index is 5.77. The molecule has 0 saturated carbocycles. The van der Waals surface area contributed by atoms with E-state index in [0.29, 0.717) is 5.57 Å². The fourth-order valence-electron chi connectivity index (χ4n) is 2.07. The van der Waals surface area contributed by atoms with Crippen molar-refractivity contribution in [1.29, 1.82) is 0 Å². The molecule has 0 aromatic heterocycles. The van der Waals surface area contributed by atoms with Crippen LogP contribution in [0.1, 0.15) is 33.6 Å². The van der Waals surface area contributed by atoms with E-state index in [1.807, 2.05) is 0 Å². The quantitative estimate of drug-likeness (QED) is 0.213. The Kier molecular flexibility index (Phi) is 8.15. The molecule has 0 atom stereocenters. The maximum Gasteiger partial charge on any atom is 0.333 e. The van der Waals surface area contributed by atoms with E-state index in [4.69, 9.17) is 9.47 Å². The number of carbonyl (C=O) groups excluding carboxylic acids is 3. The zero-order valence-corrected chi connectivity index (χ0v) is 13.7. The zero-order chi connectivity index (χ0) is 17.3. The van der Waals surface area contributed by atoms with E-state index in [2.05, 4.69) is 17.9 Å². The summed E-state index contributed by atoms with van der Waals surface area (Å²) < 4.78 is 14.6. The molecule has 6 nitrogen and oxygen atoms in total. The van der Waals surface area contributed by atoms with Gasteiger partial charge in [0.15, 0.2) is 5.41 Å². The predicted molar refractivity (Wildman–Crippen MR) is 80.9 cm³/mol. The normalized spacial score (nSPS) is 10.5. The van der Waals surface area contributed by atoms with E-state index >= 15 is 0 Å². The van der Waals surface area contributed by atoms with Gasteiger partial charge in [0.25, 0.3) is 0 Å². The zero-order valence-electron chi connectivity index (χ0n) is 13.7. The number of hydrogen-bond acceptors (Lipinski definition) is 6. The van der Waals surface area contributed by atoms with Crippen molar-refractivity contribution in [2.45, 2.75) is 33.6 Å². The van der Waals surface area contributed by atoms with Crippen LogP contribution in [0.2, 0.25) is 0 Å². The Morgan fingerprint density at radius 2 is 1.41 bits per heavy atom. The fourth-order valence-corrected chi connectivity index (χ4v) is 2.07. The number of hydrogen-bond donors (Lipinski definition) is 0. The molecule has 0 amide bonds. The number of esters is 3. The van der Waals surface area contributed by atoms with Gasteiger partial charge in [-0.3, -0.25) is 9.59 Å². The molecule has 0 heterocycles. The molecule has 0 rings (SSSR count). The van der Waals surface area contributed by atoms with Crippen LogP contribution in [-0.4, -0.2) is 38.2 Å². The van der Waals surface area contributed by atoms with Gasteiger partial charge in [-0.05, 0) is 27.2 Å². The first kappa shape index (κ1) is 19.9. The van der Waals surface area contributed by atoms with Gasteiger partial charge in [0, 0.05) is 12.0 Å². The Labute approximate surface area is 131 Å². The summed E-state index contributed by atoms with van der Waals surface area (Å²) in [7, 11) is 1.20. The lowest BCUT2D eigenvalue weighted by Gasteiger charge is -2.29. The van der Waals surface area contributed by atoms with Crippen LogP contribution in [0.25, 0.3) is 0 Å². The maximum atomic E-state index is 12.4. The molecule has 0 aromatic carbocycles. The molecule has 0 N–H and O–H groups in total. The third-order valence-corrected chi connectivity index (χ3v) is 2.93. The highest BCUT2D eigenvalue weighted by Crippen LogP contribution is 2.36. The van der Waals surface area contributed by atoms with Gasteiger partial charge >= 0.3 is 17.9 Å². The van der Waals surface area contributed by atoms with Gasteiger partial charge in [0.1, 0.15) is 0 Å². The van der Waals surface area contributed by atoms with Gasteiger partial charge in [0.2, 0.25) is 0 Å². The van der Waals surface area contributed by atoms with Crippen molar-refractivity contribution >= 4 is 17.9 Å². The molecular weight excluding hydrogens is 288 g/mol. The first-order valence-electron chi connectivity index (χ1n) is 7.00. The van der Waals surface area contributed by atoms with Crippen LogP contribution in [0.5, 0.6) is 0 Å². The van der Waals surface area contributed by atoms with Crippen LogP contribution < -0.4 is 0 Å².